The van der Waals surface area contributed by atoms with E-state index in [1.165, 1.54) is 51.2 Å². The Balaban J connectivity index is 1.03. The molecule has 222 valence electrons. The van der Waals surface area contributed by atoms with Gasteiger partial charge in [0.25, 0.3) is 0 Å². The van der Waals surface area contributed by atoms with Crippen LogP contribution in [0.5, 0.6) is 0 Å². The van der Waals surface area contributed by atoms with Crippen LogP contribution in [0.3, 0.4) is 0 Å². The Morgan fingerprint density at radius 1 is 0.864 bits per heavy atom. The zero-order valence-electron chi connectivity index (χ0n) is 23.2. The molecule has 2 aromatic heterocycles. The Morgan fingerprint density at radius 2 is 1.59 bits per heavy atom. The molecule has 0 aliphatic heterocycles. The van der Waals surface area contributed by atoms with E-state index in [1.54, 1.807) is 18.2 Å². The standard InChI is InChI=1S/C31H24Cl2N6O2S3/c1-39-26(14-19-8-4-7-18-6-2-3-9-21(18)19)37-38-30(39)42-16-27(40)34-20-12-13-24-25(15-20)44-31(35-24)43-17-28(41)36-29-22(32)10-5-11-23(29)33/h2-13,15H,14,16-17H2,1H3,(H,34,40)(H,36,41). The van der Waals surface area contributed by atoms with Gasteiger partial charge in [-0.2, -0.15) is 0 Å². The van der Waals surface area contributed by atoms with Crippen LogP contribution >= 0.6 is 58.1 Å². The van der Waals surface area contributed by atoms with Crippen LogP contribution in [-0.2, 0) is 23.1 Å². The third-order valence-electron chi connectivity index (χ3n) is 6.69. The average molecular weight is 680 g/mol. The minimum Gasteiger partial charge on any atom is -0.325 e. The van der Waals surface area contributed by atoms with Crippen molar-refractivity contribution < 1.29 is 9.59 Å². The summed E-state index contributed by atoms with van der Waals surface area (Å²) >= 11 is 16.4. The lowest BCUT2D eigenvalue weighted by Crippen LogP contribution is -2.14. The smallest absolute Gasteiger partial charge is 0.234 e. The molecule has 0 bridgehead atoms. The summed E-state index contributed by atoms with van der Waals surface area (Å²) in [6, 6.07) is 25.1. The number of thiazole rings is 1. The number of nitrogens with one attached hydrogen (secondary N) is 2. The second-order valence-corrected chi connectivity index (χ2v) is 13.7. The number of carbonyl (C=O) groups is 2. The molecule has 2 amide bonds. The lowest BCUT2D eigenvalue weighted by molar-refractivity contribution is -0.114. The summed E-state index contributed by atoms with van der Waals surface area (Å²) < 4.78 is 3.57. The van der Waals surface area contributed by atoms with E-state index in [0.29, 0.717) is 33.0 Å². The summed E-state index contributed by atoms with van der Waals surface area (Å²) in [7, 11) is 1.92. The molecule has 0 aliphatic carbocycles. The van der Waals surface area contributed by atoms with Gasteiger partial charge in [0, 0.05) is 19.2 Å². The number of fused-ring (bicyclic) bond motifs is 2. The summed E-state index contributed by atoms with van der Waals surface area (Å²) in [6.45, 7) is 0. The molecule has 2 N–H and O–H groups in total. The molecule has 0 aliphatic rings. The molecule has 0 atom stereocenters. The van der Waals surface area contributed by atoms with Gasteiger partial charge in [0.15, 0.2) is 9.50 Å². The van der Waals surface area contributed by atoms with Crippen molar-refractivity contribution >= 4 is 102 Å². The van der Waals surface area contributed by atoms with Gasteiger partial charge in [0.1, 0.15) is 5.82 Å². The molecule has 2 heterocycles. The number of benzene rings is 4. The van der Waals surface area contributed by atoms with Crippen LogP contribution < -0.4 is 10.6 Å². The van der Waals surface area contributed by atoms with Gasteiger partial charge in [-0.1, -0.05) is 95.3 Å². The van der Waals surface area contributed by atoms with Gasteiger partial charge in [-0.25, -0.2) is 4.98 Å². The number of anilines is 2. The van der Waals surface area contributed by atoms with Gasteiger partial charge >= 0.3 is 0 Å². The molecule has 0 saturated heterocycles. The molecule has 6 rings (SSSR count). The summed E-state index contributed by atoms with van der Waals surface area (Å²) in [6.07, 6.45) is 0.646. The van der Waals surface area contributed by atoms with E-state index in [9.17, 15) is 9.59 Å². The molecule has 4 aromatic carbocycles. The minimum atomic E-state index is -0.238. The topological polar surface area (TPSA) is 102 Å². The number of amides is 2. The monoisotopic (exact) mass is 678 g/mol. The molecule has 0 spiro atoms. The number of hydrogen-bond donors (Lipinski definition) is 2. The van der Waals surface area contributed by atoms with E-state index in [-0.39, 0.29) is 23.3 Å². The van der Waals surface area contributed by atoms with E-state index in [0.717, 1.165) is 20.4 Å². The highest BCUT2D eigenvalue weighted by Crippen LogP contribution is 2.33. The zero-order valence-corrected chi connectivity index (χ0v) is 27.2. The van der Waals surface area contributed by atoms with E-state index in [1.807, 2.05) is 41.9 Å². The minimum absolute atomic E-state index is 0.147. The largest absolute Gasteiger partial charge is 0.325 e. The molecular formula is C31H24Cl2N6O2S3. The fraction of sp³-hybridized carbons (Fsp3) is 0.129. The van der Waals surface area contributed by atoms with Gasteiger partial charge in [-0.3, -0.25) is 9.59 Å². The van der Waals surface area contributed by atoms with Crippen molar-refractivity contribution in [3.63, 3.8) is 0 Å². The Kier molecular flexibility index (Phi) is 9.39. The van der Waals surface area contributed by atoms with Crippen molar-refractivity contribution in [2.24, 2.45) is 7.05 Å². The highest BCUT2D eigenvalue weighted by atomic mass is 35.5. The molecule has 0 saturated carbocycles. The van der Waals surface area contributed by atoms with Crippen LogP contribution in [0.25, 0.3) is 21.0 Å². The van der Waals surface area contributed by atoms with Crippen LogP contribution in [0.2, 0.25) is 10.0 Å². The summed E-state index contributed by atoms with van der Waals surface area (Å²) in [5.74, 6) is 0.777. The number of nitrogens with zero attached hydrogens (tertiary/aromatic N) is 4. The van der Waals surface area contributed by atoms with Gasteiger partial charge in [-0.05, 0) is 46.7 Å². The first-order chi connectivity index (χ1) is 21.3. The maximum absolute atomic E-state index is 12.8. The van der Waals surface area contributed by atoms with E-state index in [2.05, 4.69) is 56.1 Å². The van der Waals surface area contributed by atoms with Crippen LogP contribution in [0, 0.1) is 0 Å². The van der Waals surface area contributed by atoms with Gasteiger partial charge in [0.05, 0.1) is 37.5 Å². The second-order valence-electron chi connectivity index (χ2n) is 9.71. The first kappa shape index (κ1) is 30.4. The van der Waals surface area contributed by atoms with Gasteiger partial charge in [-0.15, -0.1) is 21.5 Å². The molecule has 0 unspecified atom stereocenters. The summed E-state index contributed by atoms with van der Waals surface area (Å²) in [5, 5.41) is 18.2. The fourth-order valence-corrected chi connectivity index (χ4v) is 7.66. The van der Waals surface area contributed by atoms with Crippen molar-refractivity contribution in [2.75, 3.05) is 22.1 Å². The molecule has 13 heteroatoms. The molecule has 6 aromatic rings. The molecule has 44 heavy (non-hydrogen) atoms. The number of hydrogen-bond acceptors (Lipinski definition) is 8. The number of thioether (sulfide) groups is 2. The van der Waals surface area contributed by atoms with Crippen LogP contribution in [-0.4, -0.2) is 43.1 Å². The first-order valence-electron chi connectivity index (χ1n) is 13.4. The quantitative estimate of drug-likeness (QED) is 0.142. The number of halogens is 2. The second kappa shape index (κ2) is 13.6. The Hall–Kier alpha value is -3.61. The van der Waals surface area contributed by atoms with Gasteiger partial charge in [0.2, 0.25) is 11.8 Å². The lowest BCUT2D eigenvalue weighted by Gasteiger charge is -2.08. The highest BCUT2D eigenvalue weighted by Gasteiger charge is 2.15. The normalized spacial score (nSPS) is 11.2. The van der Waals surface area contributed by atoms with Crippen LogP contribution in [0.15, 0.2) is 88.4 Å². The van der Waals surface area contributed by atoms with Crippen molar-refractivity contribution in [1.82, 2.24) is 19.7 Å². The molecular weight excluding hydrogens is 655 g/mol. The van der Waals surface area contributed by atoms with Gasteiger partial charge < -0.3 is 15.2 Å². The van der Waals surface area contributed by atoms with E-state index in [4.69, 9.17) is 23.2 Å². The Morgan fingerprint density at radius 3 is 2.43 bits per heavy atom. The predicted molar refractivity (Wildman–Crippen MR) is 183 cm³/mol. The van der Waals surface area contributed by atoms with Crippen molar-refractivity contribution in [2.45, 2.75) is 15.9 Å². The third kappa shape index (κ3) is 7.03. The number of rotatable bonds is 10. The Bertz CT molecular complexity index is 1990. The van der Waals surface area contributed by atoms with Crippen LogP contribution in [0.1, 0.15) is 11.4 Å². The third-order valence-corrected chi connectivity index (χ3v) is 10.5. The van der Waals surface area contributed by atoms with E-state index < -0.39 is 0 Å². The molecule has 8 nitrogen and oxygen atoms in total. The summed E-state index contributed by atoms with van der Waals surface area (Å²) in [4.78, 5) is 29.9. The Labute approximate surface area is 275 Å². The SMILES string of the molecule is Cn1c(Cc2cccc3ccccc23)nnc1SCC(=O)Nc1ccc2nc(SCC(=O)Nc3c(Cl)cccc3Cl)sc2c1. The van der Waals surface area contributed by atoms with Crippen molar-refractivity contribution in [3.8, 4) is 0 Å². The maximum Gasteiger partial charge on any atom is 0.234 e. The average Bonchev–Trinajstić information content (AvgIpc) is 3.59. The predicted octanol–water partition coefficient (Wildman–Crippen LogP) is 7.94. The number of para-hydroxylation sites is 1. The maximum atomic E-state index is 12.8. The van der Waals surface area contributed by atoms with E-state index >= 15 is 0 Å². The van der Waals surface area contributed by atoms with Crippen LogP contribution in [0.4, 0.5) is 11.4 Å². The molecule has 0 fully saturated rings. The number of carbonyl (C=O) groups excluding carboxylic acids is 2. The first-order valence-corrected chi connectivity index (χ1v) is 16.9. The fourth-order valence-electron chi connectivity index (χ4n) is 4.53. The van der Waals surface area contributed by atoms with Crippen molar-refractivity contribution in [3.05, 3.63) is 100 Å². The zero-order chi connectivity index (χ0) is 30.6. The number of aromatic nitrogens is 4. The molecule has 0 radical (unpaired) electrons. The lowest BCUT2D eigenvalue weighted by atomic mass is 10.0. The van der Waals surface area contributed by atoms with Crippen molar-refractivity contribution in [1.29, 1.82) is 0 Å². The highest BCUT2D eigenvalue weighted by molar-refractivity contribution is 8.01. The summed E-state index contributed by atoms with van der Waals surface area (Å²) in [5.41, 5.74) is 3.03.